The average molecular weight is 434 g/mol. The minimum Gasteiger partial charge on any atom is -0.485 e. The molecule has 0 aliphatic rings. The molecule has 0 amide bonds. The van der Waals surface area contributed by atoms with Crippen LogP contribution in [0.25, 0.3) is 10.8 Å². The summed E-state index contributed by atoms with van der Waals surface area (Å²) in [7, 11) is 1.39. The van der Waals surface area contributed by atoms with Crippen LogP contribution in [0.15, 0.2) is 78.0 Å². The molecule has 1 heterocycles. The molecule has 0 aliphatic heterocycles. The highest BCUT2D eigenvalue weighted by molar-refractivity contribution is 8.00. The van der Waals surface area contributed by atoms with Gasteiger partial charge in [0, 0.05) is 5.39 Å². The van der Waals surface area contributed by atoms with E-state index in [4.69, 9.17) is 9.47 Å². The second-order valence-electron chi connectivity index (χ2n) is 7.02. The highest BCUT2D eigenvalue weighted by Crippen LogP contribution is 2.27. The summed E-state index contributed by atoms with van der Waals surface area (Å²) in [6.45, 7) is 2.64. The molecule has 3 aromatic carbocycles. The van der Waals surface area contributed by atoms with Crippen molar-refractivity contribution in [1.82, 2.24) is 14.8 Å². The quantitative estimate of drug-likeness (QED) is 0.296. The highest BCUT2D eigenvalue weighted by atomic mass is 32.2. The molecule has 158 valence electrons. The van der Waals surface area contributed by atoms with Gasteiger partial charge in [0.15, 0.2) is 11.0 Å². The van der Waals surface area contributed by atoms with E-state index in [2.05, 4.69) is 22.3 Å². The van der Waals surface area contributed by atoms with Crippen LogP contribution in [0.3, 0.4) is 0 Å². The summed E-state index contributed by atoms with van der Waals surface area (Å²) >= 11 is 1.33. The van der Waals surface area contributed by atoms with Gasteiger partial charge in [-0.15, -0.1) is 10.2 Å². The number of carbonyl (C=O) groups excluding carboxylic acids is 1. The Bertz CT molecular complexity index is 1170. The van der Waals surface area contributed by atoms with E-state index in [0.29, 0.717) is 17.5 Å². The molecule has 0 bridgehead atoms. The minimum atomic E-state index is -0.393. The SMILES string of the molecule is COC(=O)[C@@H](C)Sc1nnc(COc2cccc3ccccc23)n1Cc1ccccc1. The number of benzene rings is 3. The third-order valence-corrected chi connectivity index (χ3v) is 5.96. The predicted octanol–water partition coefficient (Wildman–Crippen LogP) is 4.71. The summed E-state index contributed by atoms with van der Waals surface area (Å²) in [6.07, 6.45) is 0. The van der Waals surface area contributed by atoms with Crippen LogP contribution >= 0.6 is 11.8 Å². The van der Waals surface area contributed by atoms with Crippen LogP contribution in [0.4, 0.5) is 0 Å². The smallest absolute Gasteiger partial charge is 0.318 e. The minimum absolute atomic E-state index is 0.265. The van der Waals surface area contributed by atoms with Gasteiger partial charge in [0.1, 0.15) is 17.6 Å². The van der Waals surface area contributed by atoms with Crippen molar-refractivity contribution in [3.63, 3.8) is 0 Å². The van der Waals surface area contributed by atoms with Crippen LogP contribution in [0, 0.1) is 0 Å². The van der Waals surface area contributed by atoms with Crippen molar-refractivity contribution in [3.05, 3.63) is 84.2 Å². The molecule has 0 saturated carbocycles. The van der Waals surface area contributed by atoms with E-state index in [-0.39, 0.29) is 12.6 Å². The fourth-order valence-corrected chi connectivity index (χ4v) is 4.17. The fourth-order valence-electron chi connectivity index (χ4n) is 3.27. The lowest BCUT2D eigenvalue weighted by Crippen LogP contribution is -2.16. The fraction of sp³-hybridized carbons (Fsp3) is 0.208. The zero-order valence-electron chi connectivity index (χ0n) is 17.4. The van der Waals surface area contributed by atoms with Gasteiger partial charge >= 0.3 is 5.97 Å². The molecule has 4 rings (SSSR count). The van der Waals surface area contributed by atoms with E-state index in [9.17, 15) is 4.79 Å². The maximum atomic E-state index is 11.9. The molecule has 4 aromatic rings. The number of thioether (sulfide) groups is 1. The van der Waals surface area contributed by atoms with E-state index in [1.165, 1.54) is 18.9 Å². The first-order valence-corrected chi connectivity index (χ1v) is 10.8. The Hall–Kier alpha value is -3.32. The molecule has 0 saturated heterocycles. The number of aromatic nitrogens is 3. The summed E-state index contributed by atoms with van der Waals surface area (Å²) in [5.41, 5.74) is 1.11. The lowest BCUT2D eigenvalue weighted by molar-refractivity contribution is -0.139. The zero-order chi connectivity index (χ0) is 21.6. The van der Waals surface area contributed by atoms with Gasteiger partial charge in [-0.3, -0.25) is 9.36 Å². The molecule has 0 spiro atoms. The van der Waals surface area contributed by atoms with E-state index < -0.39 is 5.25 Å². The average Bonchev–Trinajstić information content (AvgIpc) is 3.18. The first-order chi connectivity index (χ1) is 15.2. The first-order valence-electron chi connectivity index (χ1n) is 9.96. The number of fused-ring (bicyclic) bond motifs is 1. The third-order valence-electron chi connectivity index (χ3n) is 4.90. The van der Waals surface area contributed by atoms with Gasteiger partial charge in [-0.05, 0) is 23.9 Å². The molecule has 0 unspecified atom stereocenters. The van der Waals surface area contributed by atoms with Crippen molar-refractivity contribution in [2.75, 3.05) is 7.11 Å². The van der Waals surface area contributed by atoms with Crippen molar-refractivity contribution in [3.8, 4) is 5.75 Å². The number of rotatable bonds is 8. The van der Waals surface area contributed by atoms with Gasteiger partial charge in [0.05, 0.1) is 13.7 Å². The number of hydrogen-bond acceptors (Lipinski definition) is 6. The number of hydrogen-bond donors (Lipinski definition) is 0. The Morgan fingerprint density at radius 3 is 2.55 bits per heavy atom. The summed E-state index contributed by atoms with van der Waals surface area (Å²) < 4.78 is 13.0. The summed E-state index contributed by atoms with van der Waals surface area (Å²) in [5, 5.41) is 11.1. The van der Waals surface area contributed by atoms with Crippen LogP contribution in [0.5, 0.6) is 5.75 Å². The Kier molecular flexibility index (Phi) is 6.52. The first kappa shape index (κ1) is 20.9. The second kappa shape index (κ2) is 9.66. The highest BCUT2D eigenvalue weighted by Gasteiger charge is 2.21. The van der Waals surface area contributed by atoms with E-state index in [1.807, 2.05) is 65.2 Å². The molecule has 0 N–H and O–H groups in total. The zero-order valence-corrected chi connectivity index (χ0v) is 18.2. The van der Waals surface area contributed by atoms with E-state index in [0.717, 1.165) is 22.1 Å². The van der Waals surface area contributed by atoms with Crippen LogP contribution in [0.2, 0.25) is 0 Å². The van der Waals surface area contributed by atoms with Gasteiger partial charge in [0.25, 0.3) is 0 Å². The third kappa shape index (κ3) is 4.88. The van der Waals surface area contributed by atoms with Crippen molar-refractivity contribution in [2.24, 2.45) is 0 Å². The number of methoxy groups -OCH3 is 1. The Labute approximate surface area is 185 Å². The largest absolute Gasteiger partial charge is 0.485 e. The molecule has 1 aromatic heterocycles. The second-order valence-corrected chi connectivity index (χ2v) is 8.33. The predicted molar refractivity (Wildman–Crippen MR) is 121 cm³/mol. The monoisotopic (exact) mass is 433 g/mol. The molecule has 0 radical (unpaired) electrons. The molecule has 7 heteroatoms. The maximum absolute atomic E-state index is 11.9. The van der Waals surface area contributed by atoms with Crippen LogP contribution in [0.1, 0.15) is 18.3 Å². The Morgan fingerprint density at radius 2 is 1.74 bits per heavy atom. The normalized spacial score (nSPS) is 11.9. The van der Waals surface area contributed by atoms with Gasteiger partial charge < -0.3 is 9.47 Å². The van der Waals surface area contributed by atoms with E-state index >= 15 is 0 Å². The van der Waals surface area contributed by atoms with Gasteiger partial charge in [0.2, 0.25) is 0 Å². The summed E-state index contributed by atoms with van der Waals surface area (Å²) in [5.74, 6) is 1.19. The Morgan fingerprint density at radius 1 is 1.00 bits per heavy atom. The maximum Gasteiger partial charge on any atom is 0.318 e. The van der Waals surface area contributed by atoms with Crippen LogP contribution in [-0.2, 0) is 22.7 Å². The molecule has 6 nitrogen and oxygen atoms in total. The van der Waals surface area contributed by atoms with Crippen molar-refractivity contribution in [2.45, 2.75) is 30.5 Å². The number of carbonyl (C=O) groups is 1. The summed E-state index contributed by atoms with van der Waals surface area (Å²) in [4.78, 5) is 11.9. The van der Waals surface area contributed by atoms with Crippen LogP contribution < -0.4 is 4.74 Å². The van der Waals surface area contributed by atoms with Crippen molar-refractivity contribution >= 4 is 28.5 Å². The molecule has 0 fully saturated rings. The van der Waals surface area contributed by atoms with E-state index in [1.54, 1.807) is 6.92 Å². The number of ether oxygens (including phenoxy) is 2. The van der Waals surface area contributed by atoms with Crippen molar-refractivity contribution < 1.29 is 14.3 Å². The molecule has 0 aliphatic carbocycles. The van der Waals surface area contributed by atoms with Gasteiger partial charge in [-0.1, -0.05) is 78.5 Å². The standard InChI is InChI=1S/C24H23N3O3S/c1-17(23(28)29-2)31-24-26-25-22(27(24)15-18-9-4-3-5-10-18)16-30-21-14-8-12-19-11-6-7-13-20(19)21/h3-14,17H,15-16H2,1-2H3/t17-/m1/s1. The number of nitrogens with zero attached hydrogens (tertiary/aromatic N) is 3. The molecular formula is C24H23N3O3S. The van der Waals surface area contributed by atoms with Crippen LogP contribution in [-0.4, -0.2) is 33.1 Å². The lowest BCUT2D eigenvalue weighted by atomic mass is 10.1. The molecular weight excluding hydrogens is 410 g/mol. The van der Waals surface area contributed by atoms with Gasteiger partial charge in [-0.25, -0.2) is 0 Å². The topological polar surface area (TPSA) is 66.2 Å². The van der Waals surface area contributed by atoms with Gasteiger partial charge in [-0.2, -0.15) is 0 Å². The lowest BCUT2D eigenvalue weighted by Gasteiger charge is -2.13. The van der Waals surface area contributed by atoms with Crippen molar-refractivity contribution in [1.29, 1.82) is 0 Å². The number of esters is 1. The summed E-state index contributed by atoms with van der Waals surface area (Å²) in [6, 6.07) is 24.2. The Balaban J connectivity index is 1.60. The molecule has 31 heavy (non-hydrogen) atoms. The molecule has 1 atom stereocenters.